The lowest BCUT2D eigenvalue weighted by atomic mass is 10.0. The quantitative estimate of drug-likeness (QED) is 0.253. The normalized spacial score (nSPS) is 12.9. The first-order valence-corrected chi connectivity index (χ1v) is 16.1. The van der Waals surface area contributed by atoms with Gasteiger partial charge in [0.05, 0.1) is 22.0 Å². The van der Waals surface area contributed by atoms with Crippen LogP contribution in [-0.4, -0.2) is 50.0 Å². The van der Waals surface area contributed by atoms with Gasteiger partial charge in [-0.05, 0) is 61.2 Å². The summed E-state index contributed by atoms with van der Waals surface area (Å²) in [7, 11) is -3.90. The van der Waals surface area contributed by atoms with Gasteiger partial charge in [-0.2, -0.15) is 0 Å². The molecule has 0 aromatic heterocycles. The molecule has 3 aromatic rings. The van der Waals surface area contributed by atoms with Gasteiger partial charge in [0.15, 0.2) is 0 Å². The molecule has 1 N–H and O–H groups in total. The Bertz CT molecular complexity index is 1490. The third-order valence-electron chi connectivity index (χ3n) is 6.73. The van der Waals surface area contributed by atoms with Gasteiger partial charge in [0, 0.05) is 24.0 Å². The lowest BCUT2D eigenvalue weighted by molar-refractivity contribution is -0.140. The number of rotatable bonds is 12. The van der Waals surface area contributed by atoms with Crippen LogP contribution in [0.25, 0.3) is 0 Å². The van der Waals surface area contributed by atoms with E-state index in [0.29, 0.717) is 27.1 Å². The molecule has 220 valence electrons. The zero-order valence-electron chi connectivity index (χ0n) is 23.4. The maximum atomic E-state index is 14.1. The van der Waals surface area contributed by atoms with Crippen LogP contribution in [0.3, 0.4) is 0 Å². The second kappa shape index (κ2) is 14.4. The molecule has 0 fully saturated rings. The number of amides is 2. The number of carbonyl (C=O) groups is 2. The van der Waals surface area contributed by atoms with Gasteiger partial charge in [-0.15, -0.1) is 0 Å². The van der Waals surface area contributed by atoms with Gasteiger partial charge >= 0.3 is 0 Å². The summed E-state index contributed by atoms with van der Waals surface area (Å²) >= 11 is 18.7. The van der Waals surface area contributed by atoms with E-state index in [2.05, 4.69) is 5.32 Å². The smallest absolute Gasteiger partial charge is 0.244 e. The standard InChI is InChI=1S/C30H34Cl3N3O4S/c1-5-21(3)34-30(38)28(16-22-9-7-6-8-10-22)35(18-23-12-14-25(31)27(33)15-23)29(37)19-36(41(4,39)40)24-13-11-20(2)26(32)17-24/h6-15,17,21,28H,5,16,18-19H2,1-4H3,(H,34,38)/t21-,28-/m0/s1. The average Bonchev–Trinajstić information content (AvgIpc) is 2.92. The predicted molar refractivity (Wildman–Crippen MR) is 167 cm³/mol. The van der Waals surface area contributed by atoms with Crippen molar-refractivity contribution in [2.24, 2.45) is 0 Å². The van der Waals surface area contributed by atoms with Crippen molar-refractivity contribution in [3.8, 4) is 0 Å². The Balaban J connectivity index is 2.09. The van der Waals surface area contributed by atoms with Crippen molar-refractivity contribution in [3.63, 3.8) is 0 Å². The Morgan fingerprint density at radius 2 is 1.59 bits per heavy atom. The number of aryl methyl sites for hydroxylation is 1. The van der Waals surface area contributed by atoms with Crippen molar-refractivity contribution >= 4 is 62.3 Å². The summed E-state index contributed by atoms with van der Waals surface area (Å²) in [5.41, 5.74) is 2.48. The SMILES string of the molecule is CC[C@H](C)NC(=O)[C@H](Cc1ccccc1)N(Cc1ccc(Cl)c(Cl)c1)C(=O)CN(c1ccc(C)c(Cl)c1)S(C)(=O)=O. The van der Waals surface area contributed by atoms with E-state index >= 15 is 0 Å². The van der Waals surface area contributed by atoms with Crippen molar-refractivity contribution in [1.82, 2.24) is 10.2 Å². The van der Waals surface area contributed by atoms with Crippen molar-refractivity contribution in [2.75, 3.05) is 17.1 Å². The van der Waals surface area contributed by atoms with Gasteiger partial charge < -0.3 is 10.2 Å². The predicted octanol–water partition coefficient (Wildman–Crippen LogP) is 6.28. The Labute approximate surface area is 257 Å². The molecular formula is C30H34Cl3N3O4S. The zero-order valence-corrected chi connectivity index (χ0v) is 26.5. The molecular weight excluding hydrogens is 605 g/mol. The summed E-state index contributed by atoms with van der Waals surface area (Å²) in [6.07, 6.45) is 1.93. The Hall–Kier alpha value is -2.78. The summed E-state index contributed by atoms with van der Waals surface area (Å²) in [5.74, 6) is -0.917. The van der Waals surface area contributed by atoms with Crippen LogP contribution in [0.4, 0.5) is 5.69 Å². The third kappa shape index (κ3) is 9.10. The zero-order chi connectivity index (χ0) is 30.3. The first-order chi connectivity index (χ1) is 19.3. The van der Waals surface area contributed by atoms with E-state index in [4.69, 9.17) is 34.8 Å². The summed E-state index contributed by atoms with van der Waals surface area (Å²) < 4.78 is 26.8. The lowest BCUT2D eigenvalue weighted by Crippen LogP contribution is -2.54. The first-order valence-electron chi connectivity index (χ1n) is 13.1. The van der Waals surface area contributed by atoms with Crippen LogP contribution in [0.5, 0.6) is 0 Å². The van der Waals surface area contributed by atoms with Crippen molar-refractivity contribution in [3.05, 3.63) is 98.5 Å². The highest BCUT2D eigenvalue weighted by molar-refractivity contribution is 7.92. The molecule has 0 heterocycles. The van der Waals surface area contributed by atoms with E-state index in [1.807, 2.05) is 44.2 Å². The van der Waals surface area contributed by atoms with Gasteiger partial charge in [0.1, 0.15) is 12.6 Å². The largest absolute Gasteiger partial charge is 0.352 e. The van der Waals surface area contributed by atoms with E-state index in [1.54, 1.807) is 37.3 Å². The molecule has 2 atom stereocenters. The maximum Gasteiger partial charge on any atom is 0.244 e. The van der Waals surface area contributed by atoms with Gasteiger partial charge in [0.2, 0.25) is 21.8 Å². The van der Waals surface area contributed by atoms with Gasteiger partial charge in [-0.1, -0.05) is 84.2 Å². The third-order valence-corrected chi connectivity index (χ3v) is 9.02. The molecule has 0 aliphatic rings. The second-order valence-electron chi connectivity index (χ2n) is 10.00. The number of nitrogens with zero attached hydrogens (tertiary/aromatic N) is 2. The van der Waals surface area contributed by atoms with Crippen LogP contribution in [0, 0.1) is 6.92 Å². The van der Waals surface area contributed by atoms with Crippen LogP contribution in [0.2, 0.25) is 15.1 Å². The minimum atomic E-state index is -3.90. The van der Waals surface area contributed by atoms with Crippen molar-refractivity contribution in [1.29, 1.82) is 0 Å². The van der Waals surface area contributed by atoms with E-state index in [-0.39, 0.29) is 30.6 Å². The Kier molecular flexibility index (Phi) is 11.5. The number of nitrogens with one attached hydrogen (secondary N) is 1. The molecule has 0 aliphatic heterocycles. The molecule has 0 unspecified atom stereocenters. The average molecular weight is 639 g/mol. The summed E-state index contributed by atoms with van der Waals surface area (Å²) in [6, 6.07) is 18.0. The fourth-order valence-corrected chi connectivity index (χ4v) is 5.52. The van der Waals surface area contributed by atoms with E-state index in [1.165, 1.54) is 11.0 Å². The lowest BCUT2D eigenvalue weighted by Gasteiger charge is -2.34. The summed E-state index contributed by atoms with van der Waals surface area (Å²) in [6.45, 7) is 5.08. The van der Waals surface area contributed by atoms with E-state index < -0.39 is 28.5 Å². The van der Waals surface area contributed by atoms with E-state index in [0.717, 1.165) is 21.7 Å². The molecule has 3 rings (SSSR count). The van der Waals surface area contributed by atoms with Crippen LogP contribution in [0.1, 0.15) is 37.0 Å². The molecule has 3 aromatic carbocycles. The van der Waals surface area contributed by atoms with Crippen LogP contribution in [-0.2, 0) is 32.6 Å². The maximum absolute atomic E-state index is 14.1. The van der Waals surface area contributed by atoms with Gasteiger partial charge in [0.25, 0.3) is 0 Å². The molecule has 0 bridgehead atoms. The number of sulfonamides is 1. The number of hydrogen-bond acceptors (Lipinski definition) is 4. The van der Waals surface area contributed by atoms with Crippen LogP contribution < -0.4 is 9.62 Å². The molecule has 0 saturated carbocycles. The number of carbonyl (C=O) groups excluding carboxylic acids is 2. The van der Waals surface area contributed by atoms with Crippen LogP contribution >= 0.6 is 34.8 Å². The fraction of sp³-hybridized carbons (Fsp3) is 0.333. The number of hydrogen-bond donors (Lipinski definition) is 1. The summed E-state index contributed by atoms with van der Waals surface area (Å²) in [4.78, 5) is 29.2. The molecule has 0 aliphatic carbocycles. The highest BCUT2D eigenvalue weighted by atomic mass is 35.5. The molecule has 11 heteroatoms. The number of benzene rings is 3. The number of anilines is 1. The second-order valence-corrected chi connectivity index (χ2v) is 13.1. The molecule has 41 heavy (non-hydrogen) atoms. The minimum absolute atomic E-state index is 0.00654. The van der Waals surface area contributed by atoms with Gasteiger partial charge in [-0.25, -0.2) is 8.42 Å². The van der Waals surface area contributed by atoms with Crippen molar-refractivity contribution in [2.45, 2.75) is 52.2 Å². The molecule has 0 spiro atoms. The highest BCUT2D eigenvalue weighted by Gasteiger charge is 2.33. The van der Waals surface area contributed by atoms with E-state index in [9.17, 15) is 18.0 Å². The Morgan fingerprint density at radius 3 is 2.17 bits per heavy atom. The Morgan fingerprint density at radius 1 is 0.902 bits per heavy atom. The fourth-order valence-electron chi connectivity index (χ4n) is 4.18. The van der Waals surface area contributed by atoms with Gasteiger partial charge in [-0.3, -0.25) is 13.9 Å². The van der Waals surface area contributed by atoms with Crippen LogP contribution in [0.15, 0.2) is 66.7 Å². The summed E-state index contributed by atoms with van der Waals surface area (Å²) in [5, 5.41) is 4.01. The molecule has 2 amide bonds. The monoisotopic (exact) mass is 637 g/mol. The molecule has 0 radical (unpaired) electrons. The minimum Gasteiger partial charge on any atom is -0.352 e. The highest BCUT2D eigenvalue weighted by Crippen LogP contribution is 2.27. The molecule has 7 nitrogen and oxygen atoms in total. The molecule has 0 saturated heterocycles. The van der Waals surface area contributed by atoms with Crippen molar-refractivity contribution < 1.29 is 18.0 Å². The first kappa shape index (κ1) is 32.7. The topological polar surface area (TPSA) is 86.8 Å². The number of halogens is 3.